The van der Waals surface area contributed by atoms with E-state index in [-0.39, 0.29) is 0 Å². The minimum Gasteiger partial charge on any atom is -0.383 e. The predicted molar refractivity (Wildman–Crippen MR) is 102 cm³/mol. The number of ether oxygens (including phenoxy) is 1. The van der Waals surface area contributed by atoms with Gasteiger partial charge in [0.2, 0.25) is 0 Å². The van der Waals surface area contributed by atoms with Crippen molar-refractivity contribution < 1.29 is 4.74 Å². The second-order valence-electron chi connectivity index (χ2n) is 4.61. The number of nitrogens with zero attached hydrogens (tertiary/aromatic N) is 4. The number of anilines is 1. The van der Waals surface area contributed by atoms with Gasteiger partial charge in [-0.15, -0.1) is 11.3 Å². The number of thioether (sulfide) groups is 1. The zero-order valence-corrected chi connectivity index (χ0v) is 15.5. The normalized spacial score (nSPS) is 12.0. The molecule has 4 N–H and O–H groups in total. The molecule has 0 aliphatic heterocycles. The maximum absolute atomic E-state index is 8.55. The molecule has 0 radical (unpaired) electrons. The molecule has 0 saturated heterocycles. The summed E-state index contributed by atoms with van der Waals surface area (Å²) in [5.74, 6) is 0.344. The Morgan fingerprint density at radius 1 is 1.46 bits per heavy atom. The van der Waals surface area contributed by atoms with Crippen molar-refractivity contribution in [3.05, 3.63) is 11.1 Å². The number of methoxy groups -OCH3 is 1. The van der Waals surface area contributed by atoms with Crippen LogP contribution in [0.2, 0.25) is 0 Å². The highest BCUT2D eigenvalue weighted by Crippen LogP contribution is 2.16. The second-order valence-corrected chi connectivity index (χ2v) is 6.27. The van der Waals surface area contributed by atoms with Crippen LogP contribution in [0.5, 0.6) is 0 Å². The molecule has 10 heteroatoms. The second kappa shape index (κ2) is 12.6. The van der Waals surface area contributed by atoms with Crippen molar-refractivity contribution >= 4 is 39.4 Å². The highest BCUT2D eigenvalue weighted by molar-refractivity contribution is 8.13. The molecule has 0 saturated carbocycles. The summed E-state index contributed by atoms with van der Waals surface area (Å²) in [5.41, 5.74) is 6.79. The Labute approximate surface area is 150 Å². The van der Waals surface area contributed by atoms with Crippen molar-refractivity contribution in [2.45, 2.75) is 19.3 Å². The fraction of sp³-hybridized carbons (Fsp3) is 0.571. The van der Waals surface area contributed by atoms with Crippen LogP contribution in [0.3, 0.4) is 0 Å². The number of guanidine groups is 1. The van der Waals surface area contributed by atoms with Crippen molar-refractivity contribution in [1.82, 2.24) is 10.3 Å². The topological polar surface area (TPSA) is 121 Å². The number of aryl methyl sites for hydroxylation is 1. The smallest absolute Gasteiger partial charge is 0.195 e. The van der Waals surface area contributed by atoms with E-state index in [0.717, 1.165) is 30.1 Å². The predicted octanol–water partition coefficient (Wildman–Crippen LogP) is 1.63. The molecule has 1 heterocycles. The number of amidine groups is 1. The van der Waals surface area contributed by atoms with Crippen molar-refractivity contribution in [2.24, 2.45) is 15.7 Å². The highest BCUT2D eigenvalue weighted by Gasteiger charge is 2.03. The van der Waals surface area contributed by atoms with E-state index in [9.17, 15) is 0 Å². The number of hydrogen-bond acceptors (Lipinski definition) is 7. The van der Waals surface area contributed by atoms with E-state index in [4.69, 9.17) is 15.7 Å². The van der Waals surface area contributed by atoms with Gasteiger partial charge in [0.25, 0.3) is 0 Å². The van der Waals surface area contributed by atoms with Gasteiger partial charge in [0, 0.05) is 19.0 Å². The van der Waals surface area contributed by atoms with Gasteiger partial charge in [-0.25, -0.2) is 4.98 Å². The number of aromatic nitrogens is 1. The van der Waals surface area contributed by atoms with Crippen molar-refractivity contribution in [2.75, 3.05) is 38.4 Å². The first-order chi connectivity index (χ1) is 11.7. The number of nitrogens with one attached hydrogen (secondary N) is 2. The molecule has 0 aliphatic rings. The van der Waals surface area contributed by atoms with E-state index in [1.165, 1.54) is 23.1 Å². The SMILES string of the molecule is COCCN=C(N)Nc1nc(CCCCN=C(NC#N)SC)cs1. The molecular weight excluding hydrogens is 346 g/mol. The number of hydrogen-bond donors (Lipinski definition) is 3. The minimum absolute atomic E-state index is 0.344. The summed E-state index contributed by atoms with van der Waals surface area (Å²) in [6.07, 6.45) is 6.57. The molecule has 8 nitrogen and oxygen atoms in total. The summed E-state index contributed by atoms with van der Waals surface area (Å²) >= 11 is 2.94. The highest BCUT2D eigenvalue weighted by atomic mass is 32.2. The average molecular weight is 370 g/mol. The molecule has 0 amide bonds. The number of aliphatic imine (C=N–C) groups is 2. The molecule has 0 aliphatic carbocycles. The standard InChI is InChI=1S/C14H23N7OS2/c1-22-8-7-17-12(16)21-14-20-11(9-24-14)5-3-4-6-18-13(23-2)19-10-15/h9H,3-8H2,1-2H3,(H,18,19)(H3,16,17,20,21). The molecule has 24 heavy (non-hydrogen) atoms. The monoisotopic (exact) mass is 369 g/mol. The van der Waals surface area contributed by atoms with E-state index < -0.39 is 0 Å². The number of nitriles is 1. The maximum Gasteiger partial charge on any atom is 0.195 e. The van der Waals surface area contributed by atoms with Gasteiger partial charge in [0.15, 0.2) is 22.5 Å². The van der Waals surface area contributed by atoms with Gasteiger partial charge in [0.1, 0.15) is 0 Å². The summed E-state index contributed by atoms with van der Waals surface area (Å²) in [7, 11) is 1.62. The lowest BCUT2D eigenvalue weighted by Crippen LogP contribution is -2.23. The van der Waals surface area contributed by atoms with Crippen LogP contribution in [-0.4, -0.2) is 49.2 Å². The lowest BCUT2D eigenvalue weighted by Gasteiger charge is -2.01. The Balaban J connectivity index is 2.29. The van der Waals surface area contributed by atoms with E-state index in [1.54, 1.807) is 7.11 Å². The third-order valence-electron chi connectivity index (χ3n) is 2.82. The molecule has 1 aromatic heterocycles. The van der Waals surface area contributed by atoms with Gasteiger partial charge in [-0.05, 0) is 25.5 Å². The van der Waals surface area contributed by atoms with Crippen molar-refractivity contribution in [1.29, 1.82) is 5.26 Å². The number of nitrogens with two attached hydrogens (primary N) is 1. The summed E-state index contributed by atoms with van der Waals surface area (Å²) in [6.45, 7) is 1.75. The molecule has 132 valence electrons. The number of thiazole rings is 1. The third kappa shape index (κ3) is 8.71. The zero-order chi connectivity index (χ0) is 17.6. The van der Waals surface area contributed by atoms with Gasteiger partial charge in [0.05, 0.1) is 18.8 Å². The van der Waals surface area contributed by atoms with E-state index in [2.05, 4.69) is 25.6 Å². The summed E-state index contributed by atoms with van der Waals surface area (Å²) in [6, 6.07) is 0. The first kappa shape index (κ1) is 20.2. The van der Waals surface area contributed by atoms with Gasteiger partial charge >= 0.3 is 0 Å². The molecule has 0 fully saturated rings. The average Bonchev–Trinajstić information content (AvgIpc) is 3.01. The van der Waals surface area contributed by atoms with Crippen LogP contribution < -0.4 is 16.4 Å². The van der Waals surface area contributed by atoms with E-state index in [1.807, 2.05) is 17.8 Å². The molecule has 0 spiro atoms. The molecular formula is C14H23N7OS2. The van der Waals surface area contributed by atoms with E-state index in [0.29, 0.717) is 30.8 Å². The van der Waals surface area contributed by atoms with Crippen LogP contribution in [0.25, 0.3) is 0 Å². The van der Waals surface area contributed by atoms with Crippen LogP contribution in [0.4, 0.5) is 5.13 Å². The molecule has 0 bridgehead atoms. The van der Waals surface area contributed by atoms with Gasteiger partial charge in [-0.3, -0.25) is 15.3 Å². The summed E-state index contributed by atoms with van der Waals surface area (Å²) in [4.78, 5) is 12.9. The Morgan fingerprint density at radius 2 is 2.29 bits per heavy atom. The Morgan fingerprint density at radius 3 is 3.00 bits per heavy atom. The minimum atomic E-state index is 0.344. The summed E-state index contributed by atoms with van der Waals surface area (Å²) < 4.78 is 4.91. The largest absolute Gasteiger partial charge is 0.383 e. The fourth-order valence-electron chi connectivity index (χ4n) is 1.69. The quantitative estimate of drug-likeness (QED) is 0.199. The Bertz CT molecular complexity index is 580. The van der Waals surface area contributed by atoms with Crippen LogP contribution in [0.1, 0.15) is 18.5 Å². The first-order valence-electron chi connectivity index (χ1n) is 7.43. The lowest BCUT2D eigenvalue weighted by atomic mass is 10.2. The molecule has 0 atom stereocenters. The molecule has 1 aromatic rings. The number of unbranched alkanes of at least 4 members (excludes halogenated alkanes) is 1. The van der Waals surface area contributed by atoms with Crippen LogP contribution >= 0.6 is 23.1 Å². The zero-order valence-electron chi connectivity index (χ0n) is 13.9. The van der Waals surface area contributed by atoms with Crippen molar-refractivity contribution in [3.8, 4) is 6.19 Å². The number of rotatable bonds is 9. The van der Waals surface area contributed by atoms with Crippen LogP contribution in [0, 0.1) is 11.5 Å². The fourth-order valence-corrected chi connectivity index (χ4v) is 2.81. The first-order valence-corrected chi connectivity index (χ1v) is 9.53. The molecule has 0 unspecified atom stereocenters. The lowest BCUT2D eigenvalue weighted by molar-refractivity contribution is 0.208. The van der Waals surface area contributed by atoms with E-state index >= 15 is 0 Å². The Kier molecular flexibility index (Phi) is 10.6. The molecule has 1 rings (SSSR count). The third-order valence-corrected chi connectivity index (χ3v) is 4.24. The molecule has 0 aromatic carbocycles. The van der Waals surface area contributed by atoms with Gasteiger partial charge in [-0.1, -0.05) is 11.8 Å². The van der Waals surface area contributed by atoms with Gasteiger partial charge in [-0.2, -0.15) is 5.26 Å². The maximum atomic E-state index is 8.55. The summed E-state index contributed by atoms with van der Waals surface area (Å²) in [5, 5.41) is 17.5. The Hall–Kier alpha value is -1.83. The van der Waals surface area contributed by atoms with Crippen molar-refractivity contribution in [3.63, 3.8) is 0 Å². The van der Waals surface area contributed by atoms with Crippen LogP contribution in [0.15, 0.2) is 15.4 Å². The van der Waals surface area contributed by atoms with Crippen LogP contribution in [-0.2, 0) is 11.2 Å². The van der Waals surface area contributed by atoms with Gasteiger partial charge < -0.3 is 15.8 Å².